The molecule has 3 rings (SSSR count). The molecule has 24 heavy (non-hydrogen) atoms. The van der Waals surface area contributed by atoms with Crippen LogP contribution in [0.25, 0.3) is 0 Å². The second kappa shape index (κ2) is 6.31. The van der Waals surface area contributed by atoms with Crippen molar-refractivity contribution in [2.24, 2.45) is 7.05 Å². The number of hydrogen-bond acceptors (Lipinski definition) is 4. The third kappa shape index (κ3) is 2.99. The van der Waals surface area contributed by atoms with Gasteiger partial charge in [-0.1, -0.05) is 24.3 Å². The van der Waals surface area contributed by atoms with Gasteiger partial charge in [0.15, 0.2) is 0 Å². The second-order valence-electron chi connectivity index (χ2n) is 6.31. The van der Waals surface area contributed by atoms with E-state index in [1.807, 2.05) is 18.2 Å². The minimum absolute atomic E-state index is 0.142. The van der Waals surface area contributed by atoms with Gasteiger partial charge in [0.25, 0.3) is 0 Å². The molecule has 0 radical (unpaired) electrons. The second-order valence-corrected chi connectivity index (χ2v) is 8.30. The average molecular weight is 349 g/mol. The molecular formula is C17H23N3O3S. The first-order valence-corrected chi connectivity index (χ1v) is 9.39. The van der Waals surface area contributed by atoms with Crippen molar-refractivity contribution in [1.29, 1.82) is 0 Å². The summed E-state index contributed by atoms with van der Waals surface area (Å²) in [5.41, 5.74) is 3.58. The summed E-state index contributed by atoms with van der Waals surface area (Å²) in [6, 6.07) is 8.13. The number of likely N-dealkylation sites (N-methyl/N-ethyl adjacent to an activating group) is 1. The SMILES string of the molecule is Cc1nn(C)c(C)c1S(=O)(=O)N(C)C[C@@H]1Cc2ccccc2CO1. The molecule has 1 aromatic heterocycles. The zero-order chi connectivity index (χ0) is 17.5. The molecule has 1 aliphatic heterocycles. The van der Waals surface area contributed by atoms with E-state index in [4.69, 9.17) is 4.74 Å². The van der Waals surface area contributed by atoms with Gasteiger partial charge >= 0.3 is 0 Å². The van der Waals surface area contributed by atoms with Crippen molar-refractivity contribution in [1.82, 2.24) is 14.1 Å². The number of hydrogen-bond donors (Lipinski definition) is 0. The lowest BCUT2D eigenvalue weighted by atomic mass is 9.99. The van der Waals surface area contributed by atoms with E-state index in [-0.39, 0.29) is 6.10 Å². The Labute approximate surface area is 143 Å². The van der Waals surface area contributed by atoms with E-state index in [0.29, 0.717) is 29.4 Å². The quantitative estimate of drug-likeness (QED) is 0.844. The highest BCUT2D eigenvalue weighted by atomic mass is 32.2. The lowest BCUT2D eigenvalue weighted by molar-refractivity contribution is 0.0202. The molecule has 0 fully saturated rings. The summed E-state index contributed by atoms with van der Waals surface area (Å²) in [5.74, 6) is 0. The number of ether oxygens (including phenoxy) is 1. The molecule has 130 valence electrons. The Hall–Kier alpha value is -1.70. The topological polar surface area (TPSA) is 64.4 Å². The summed E-state index contributed by atoms with van der Waals surface area (Å²) >= 11 is 0. The molecule has 0 amide bonds. The zero-order valence-electron chi connectivity index (χ0n) is 14.5. The van der Waals surface area contributed by atoms with Crippen LogP contribution < -0.4 is 0 Å². The van der Waals surface area contributed by atoms with Crippen LogP contribution in [-0.2, 0) is 34.8 Å². The third-order valence-corrected chi connectivity index (χ3v) is 6.69. The van der Waals surface area contributed by atoms with Crippen molar-refractivity contribution in [2.75, 3.05) is 13.6 Å². The molecule has 0 saturated heterocycles. The van der Waals surface area contributed by atoms with Gasteiger partial charge < -0.3 is 4.74 Å². The van der Waals surface area contributed by atoms with Crippen molar-refractivity contribution in [3.05, 3.63) is 46.8 Å². The Balaban J connectivity index is 1.79. The summed E-state index contributed by atoms with van der Waals surface area (Å²) < 4.78 is 34.7. The van der Waals surface area contributed by atoms with Gasteiger partial charge in [0.05, 0.1) is 24.1 Å². The smallest absolute Gasteiger partial charge is 0.246 e. The van der Waals surface area contributed by atoms with E-state index in [1.54, 1.807) is 32.6 Å². The van der Waals surface area contributed by atoms with Crippen LogP contribution in [0.5, 0.6) is 0 Å². The van der Waals surface area contributed by atoms with Crippen LogP contribution in [0, 0.1) is 13.8 Å². The molecule has 0 aliphatic carbocycles. The molecule has 1 atom stereocenters. The minimum Gasteiger partial charge on any atom is -0.372 e. The zero-order valence-corrected chi connectivity index (χ0v) is 15.3. The standard InChI is InChI=1S/C17H23N3O3S/c1-12-17(13(2)20(4)18-12)24(21,22)19(3)10-16-9-14-7-5-6-8-15(14)11-23-16/h5-8,16H,9-11H2,1-4H3/t16-/m0/s1. The summed E-state index contributed by atoms with van der Waals surface area (Å²) in [6.07, 6.45) is 0.582. The fourth-order valence-corrected chi connectivity index (χ4v) is 4.79. The van der Waals surface area contributed by atoms with Crippen LogP contribution in [0.1, 0.15) is 22.5 Å². The van der Waals surface area contributed by atoms with E-state index in [2.05, 4.69) is 11.2 Å². The molecule has 0 N–H and O–H groups in total. The molecule has 1 aliphatic rings. The summed E-state index contributed by atoms with van der Waals surface area (Å²) in [4.78, 5) is 0.295. The molecule has 0 unspecified atom stereocenters. The van der Waals surface area contributed by atoms with Crippen molar-refractivity contribution < 1.29 is 13.2 Å². The molecule has 0 saturated carbocycles. The maximum Gasteiger partial charge on any atom is 0.246 e. The van der Waals surface area contributed by atoms with Crippen LogP contribution in [0.4, 0.5) is 0 Å². The van der Waals surface area contributed by atoms with Gasteiger partial charge in [-0.25, -0.2) is 8.42 Å². The normalized spacial score (nSPS) is 18.0. The average Bonchev–Trinajstić information content (AvgIpc) is 2.80. The molecule has 0 spiro atoms. The fraction of sp³-hybridized carbons (Fsp3) is 0.471. The van der Waals surface area contributed by atoms with Gasteiger partial charge in [-0.15, -0.1) is 0 Å². The van der Waals surface area contributed by atoms with E-state index >= 15 is 0 Å². The highest BCUT2D eigenvalue weighted by Gasteiger charge is 2.31. The maximum absolute atomic E-state index is 12.9. The molecule has 7 heteroatoms. The van der Waals surface area contributed by atoms with Gasteiger partial charge in [-0.3, -0.25) is 4.68 Å². The van der Waals surface area contributed by atoms with Crippen LogP contribution >= 0.6 is 0 Å². The number of nitrogens with zero attached hydrogens (tertiary/aromatic N) is 3. The number of fused-ring (bicyclic) bond motifs is 1. The molecule has 2 heterocycles. The first kappa shape index (κ1) is 17.1. The van der Waals surface area contributed by atoms with Gasteiger partial charge in [0.1, 0.15) is 4.90 Å². The number of aromatic nitrogens is 2. The van der Waals surface area contributed by atoms with E-state index in [0.717, 1.165) is 6.42 Å². The van der Waals surface area contributed by atoms with Gasteiger partial charge in [-0.2, -0.15) is 9.40 Å². The lowest BCUT2D eigenvalue weighted by Gasteiger charge is -2.28. The van der Waals surface area contributed by atoms with Gasteiger partial charge in [0.2, 0.25) is 10.0 Å². The Kier molecular flexibility index (Phi) is 4.50. The maximum atomic E-state index is 12.9. The Bertz CT molecular complexity index is 858. The fourth-order valence-electron chi connectivity index (χ4n) is 3.19. The van der Waals surface area contributed by atoms with Crippen LogP contribution in [0.3, 0.4) is 0 Å². The third-order valence-electron chi connectivity index (χ3n) is 4.61. The number of aryl methyl sites for hydroxylation is 2. The minimum atomic E-state index is -3.59. The van der Waals surface area contributed by atoms with Crippen molar-refractivity contribution in [3.63, 3.8) is 0 Å². The van der Waals surface area contributed by atoms with E-state index in [1.165, 1.54) is 15.4 Å². The number of sulfonamides is 1. The lowest BCUT2D eigenvalue weighted by Crippen LogP contribution is -2.38. The predicted molar refractivity (Wildman–Crippen MR) is 91.2 cm³/mol. The van der Waals surface area contributed by atoms with E-state index < -0.39 is 10.0 Å². The van der Waals surface area contributed by atoms with Gasteiger partial charge in [0, 0.05) is 27.1 Å². The molecule has 0 bridgehead atoms. The van der Waals surface area contributed by atoms with Crippen molar-refractivity contribution >= 4 is 10.0 Å². The number of benzene rings is 1. The Morgan fingerprint density at radius 1 is 1.29 bits per heavy atom. The Morgan fingerprint density at radius 2 is 1.96 bits per heavy atom. The van der Waals surface area contributed by atoms with Crippen LogP contribution in [0.15, 0.2) is 29.2 Å². The molecular weight excluding hydrogens is 326 g/mol. The van der Waals surface area contributed by atoms with Gasteiger partial charge in [-0.05, 0) is 25.0 Å². The number of rotatable bonds is 4. The molecule has 1 aromatic carbocycles. The first-order chi connectivity index (χ1) is 11.3. The summed E-state index contributed by atoms with van der Waals surface area (Å²) in [7, 11) is -0.231. The highest BCUT2D eigenvalue weighted by Crippen LogP contribution is 2.25. The van der Waals surface area contributed by atoms with E-state index in [9.17, 15) is 8.42 Å². The predicted octanol–water partition coefficient (Wildman–Crippen LogP) is 1.80. The highest BCUT2D eigenvalue weighted by molar-refractivity contribution is 7.89. The summed E-state index contributed by atoms with van der Waals surface area (Å²) in [6.45, 7) is 4.35. The van der Waals surface area contributed by atoms with Crippen LogP contribution in [0.2, 0.25) is 0 Å². The largest absolute Gasteiger partial charge is 0.372 e. The monoisotopic (exact) mass is 349 g/mol. The molecule has 2 aromatic rings. The molecule has 6 nitrogen and oxygen atoms in total. The first-order valence-electron chi connectivity index (χ1n) is 7.95. The van der Waals surface area contributed by atoms with Crippen LogP contribution in [-0.4, -0.2) is 42.2 Å². The Morgan fingerprint density at radius 3 is 2.58 bits per heavy atom. The summed E-state index contributed by atoms with van der Waals surface area (Å²) in [5, 5.41) is 4.22. The van der Waals surface area contributed by atoms with Crippen molar-refractivity contribution in [3.8, 4) is 0 Å². The van der Waals surface area contributed by atoms with Crippen molar-refractivity contribution in [2.45, 2.75) is 37.9 Å².